The maximum absolute atomic E-state index is 11.0. The van der Waals surface area contributed by atoms with Crippen LogP contribution in [0.3, 0.4) is 0 Å². The van der Waals surface area contributed by atoms with Crippen molar-refractivity contribution in [2.45, 2.75) is 33.1 Å². The fourth-order valence-electron chi connectivity index (χ4n) is 0.696. The van der Waals surface area contributed by atoms with Gasteiger partial charge in [-0.15, -0.1) is 0 Å². The highest BCUT2D eigenvalue weighted by atomic mass is 16.5. The Hall–Kier alpha value is -0.990. The van der Waals surface area contributed by atoms with E-state index in [9.17, 15) is 4.79 Å². The maximum Gasteiger partial charge on any atom is 0.353 e. The highest BCUT2D eigenvalue weighted by Crippen LogP contribution is 1.94. The Balaban J connectivity index is 3.64. The first-order valence-electron chi connectivity index (χ1n) is 4.35. The highest BCUT2D eigenvalue weighted by molar-refractivity contribution is 5.87. The van der Waals surface area contributed by atoms with Crippen LogP contribution in [0.5, 0.6) is 0 Å². The van der Waals surface area contributed by atoms with Crippen LogP contribution in [0.15, 0.2) is 11.8 Å². The predicted molar refractivity (Wildman–Crippen MR) is 48.4 cm³/mol. The number of hydrogen-bond acceptors (Lipinski definition) is 3. The van der Waals surface area contributed by atoms with Crippen LogP contribution in [0, 0.1) is 0 Å². The Labute approximate surface area is 73.6 Å². The van der Waals surface area contributed by atoms with Gasteiger partial charge in [-0.05, 0) is 12.8 Å². The number of nitrogens with two attached hydrogens (primary N) is 1. The van der Waals surface area contributed by atoms with E-state index in [1.165, 1.54) is 0 Å². The van der Waals surface area contributed by atoms with Gasteiger partial charge in [0, 0.05) is 0 Å². The van der Waals surface area contributed by atoms with Gasteiger partial charge < -0.3 is 10.5 Å². The minimum absolute atomic E-state index is 0.216. The lowest BCUT2D eigenvalue weighted by molar-refractivity contribution is -0.139. The standard InChI is InChI=1S/C9H17NO2/c1-3-5-7-12-9(11)8(10)6-4-2/h6H,3-5,7,10H2,1-2H3. The van der Waals surface area contributed by atoms with Gasteiger partial charge in [0.05, 0.1) is 6.61 Å². The minimum atomic E-state index is -0.398. The predicted octanol–water partition coefficient (Wildman–Crippen LogP) is 1.58. The van der Waals surface area contributed by atoms with E-state index in [1.54, 1.807) is 6.08 Å². The van der Waals surface area contributed by atoms with Crippen molar-refractivity contribution < 1.29 is 9.53 Å². The van der Waals surface area contributed by atoms with Crippen molar-refractivity contribution in [1.82, 2.24) is 0 Å². The van der Waals surface area contributed by atoms with Gasteiger partial charge in [-0.3, -0.25) is 0 Å². The molecule has 0 unspecified atom stereocenters. The number of allylic oxidation sites excluding steroid dienone is 1. The number of carbonyl (C=O) groups is 1. The number of esters is 1. The summed E-state index contributed by atoms with van der Waals surface area (Å²) in [6.45, 7) is 4.43. The third-order valence-electron chi connectivity index (χ3n) is 1.39. The molecule has 0 heterocycles. The van der Waals surface area contributed by atoms with E-state index in [0.717, 1.165) is 19.3 Å². The molecule has 0 radical (unpaired) electrons. The Morgan fingerprint density at radius 3 is 2.67 bits per heavy atom. The number of ether oxygens (including phenoxy) is 1. The molecule has 0 bridgehead atoms. The first-order valence-corrected chi connectivity index (χ1v) is 4.35. The summed E-state index contributed by atoms with van der Waals surface area (Å²) in [7, 11) is 0. The summed E-state index contributed by atoms with van der Waals surface area (Å²) in [6, 6.07) is 0. The lowest BCUT2D eigenvalue weighted by atomic mass is 10.3. The fourth-order valence-corrected chi connectivity index (χ4v) is 0.696. The lowest BCUT2D eigenvalue weighted by Gasteiger charge is -2.02. The molecule has 0 fully saturated rings. The van der Waals surface area contributed by atoms with Crippen LogP contribution < -0.4 is 5.73 Å². The molecule has 0 aliphatic rings. The molecule has 0 aliphatic carbocycles. The molecule has 3 heteroatoms. The van der Waals surface area contributed by atoms with Crippen LogP contribution in [0.4, 0.5) is 0 Å². The quantitative estimate of drug-likeness (QED) is 0.388. The van der Waals surface area contributed by atoms with E-state index in [0.29, 0.717) is 6.61 Å². The number of rotatable bonds is 5. The van der Waals surface area contributed by atoms with Crippen molar-refractivity contribution in [3.63, 3.8) is 0 Å². The second kappa shape index (κ2) is 6.70. The molecular formula is C9H17NO2. The molecule has 0 aromatic heterocycles. The molecule has 0 saturated heterocycles. The van der Waals surface area contributed by atoms with Crippen LogP contribution in [0.1, 0.15) is 33.1 Å². The number of unbranched alkanes of at least 4 members (excludes halogenated alkanes) is 1. The van der Waals surface area contributed by atoms with E-state index in [1.807, 2.05) is 13.8 Å². The average Bonchev–Trinajstić information content (AvgIpc) is 2.05. The zero-order valence-corrected chi connectivity index (χ0v) is 7.80. The molecule has 0 rings (SSSR count). The summed E-state index contributed by atoms with van der Waals surface area (Å²) < 4.78 is 4.86. The van der Waals surface area contributed by atoms with Crippen molar-refractivity contribution in [3.05, 3.63) is 11.8 Å². The summed E-state index contributed by atoms with van der Waals surface area (Å²) in [5.74, 6) is -0.398. The van der Waals surface area contributed by atoms with Crippen molar-refractivity contribution in [1.29, 1.82) is 0 Å². The van der Waals surface area contributed by atoms with E-state index >= 15 is 0 Å². The lowest BCUT2D eigenvalue weighted by Crippen LogP contribution is -2.15. The topological polar surface area (TPSA) is 52.3 Å². The summed E-state index contributed by atoms with van der Waals surface area (Å²) in [4.78, 5) is 11.0. The van der Waals surface area contributed by atoms with Gasteiger partial charge in [-0.25, -0.2) is 4.79 Å². The molecule has 0 aromatic rings. The summed E-state index contributed by atoms with van der Waals surface area (Å²) in [5, 5.41) is 0. The third kappa shape index (κ3) is 4.77. The molecule has 0 spiro atoms. The Bertz CT molecular complexity index is 164. The number of carbonyl (C=O) groups excluding carboxylic acids is 1. The molecule has 70 valence electrons. The largest absolute Gasteiger partial charge is 0.461 e. The zero-order chi connectivity index (χ0) is 9.40. The van der Waals surface area contributed by atoms with Crippen LogP contribution in [0.25, 0.3) is 0 Å². The summed E-state index contributed by atoms with van der Waals surface area (Å²) >= 11 is 0. The molecule has 3 nitrogen and oxygen atoms in total. The number of hydrogen-bond donors (Lipinski definition) is 1. The highest BCUT2D eigenvalue weighted by Gasteiger charge is 2.04. The van der Waals surface area contributed by atoms with E-state index < -0.39 is 5.97 Å². The van der Waals surface area contributed by atoms with Crippen molar-refractivity contribution in [3.8, 4) is 0 Å². The van der Waals surface area contributed by atoms with Crippen LogP contribution in [0.2, 0.25) is 0 Å². The van der Waals surface area contributed by atoms with Crippen LogP contribution >= 0.6 is 0 Å². The van der Waals surface area contributed by atoms with Crippen molar-refractivity contribution in [2.75, 3.05) is 6.61 Å². The van der Waals surface area contributed by atoms with E-state index in [4.69, 9.17) is 10.5 Å². The Kier molecular flexibility index (Phi) is 6.15. The monoisotopic (exact) mass is 171 g/mol. The molecule has 0 aliphatic heterocycles. The molecular weight excluding hydrogens is 154 g/mol. The second-order valence-electron chi connectivity index (χ2n) is 2.56. The van der Waals surface area contributed by atoms with Gasteiger partial charge >= 0.3 is 5.97 Å². The van der Waals surface area contributed by atoms with Gasteiger partial charge in [0.2, 0.25) is 0 Å². The first kappa shape index (κ1) is 11.0. The van der Waals surface area contributed by atoms with Crippen LogP contribution in [-0.4, -0.2) is 12.6 Å². The van der Waals surface area contributed by atoms with Crippen molar-refractivity contribution in [2.24, 2.45) is 5.73 Å². The van der Waals surface area contributed by atoms with Gasteiger partial charge in [0.15, 0.2) is 0 Å². The zero-order valence-electron chi connectivity index (χ0n) is 7.80. The first-order chi connectivity index (χ1) is 5.72. The molecule has 12 heavy (non-hydrogen) atoms. The van der Waals surface area contributed by atoms with E-state index in [-0.39, 0.29) is 5.70 Å². The fraction of sp³-hybridized carbons (Fsp3) is 0.667. The summed E-state index contributed by atoms with van der Waals surface area (Å²) in [6.07, 6.45) is 4.33. The molecule has 0 atom stereocenters. The Morgan fingerprint density at radius 1 is 1.50 bits per heavy atom. The third-order valence-corrected chi connectivity index (χ3v) is 1.39. The van der Waals surface area contributed by atoms with Gasteiger partial charge in [0.25, 0.3) is 0 Å². The van der Waals surface area contributed by atoms with Crippen LogP contribution in [-0.2, 0) is 9.53 Å². The smallest absolute Gasteiger partial charge is 0.353 e. The van der Waals surface area contributed by atoms with E-state index in [2.05, 4.69) is 0 Å². The molecule has 2 N–H and O–H groups in total. The van der Waals surface area contributed by atoms with Gasteiger partial charge in [-0.2, -0.15) is 0 Å². The molecule has 0 amide bonds. The second-order valence-corrected chi connectivity index (χ2v) is 2.56. The average molecular weight is 171 g/mol. The Morgan fingerprint density at radius 2 is 2.17 bits per heavy atom. The van der Waals surface area contributed by atoms with Crippen molar-refractivity contribution >= 4 is 5.97 Å². The SMILES string of the molecule is CCC=C(N)C(=O)OCCCC. The maximum atomic E-state index is 11.0. The minimum Gasteiger partial charge on any atom is -0.461 e. The normalized spacial score (nSPS) is 11.3. The van der Waals surface area contributed by atoms with Gasteiger partial charge in [0.1, 0.15) is 5.70 Å². The van der Waals surface area contributed by atoms with Gasteiger partial charge in [-0.1, -0.05) is 26.3 Å². The molecule has 0 aromatic carbocycles. The molecule has 0 saturated carbocycles. The summed E-state index contributed by atoms with van der Waals surface area (Å²) in [5.41, 5.74) is 5.61.